The number of nitrogens with zero attached hydrogens (tertiary/aromatic N) is 1. The highest BCUT2D eigenvalue weighted by Gasteiger charge is 2.31. The van der Waals surface area contributed by atoms with Gasteiger partial charge in [0.05, 0.1) is 12.5 Å². The number of primary amides is 1. The van der Waals surface area contributed by atoms with Crippen molar-refractivity contribution < 1.29 is 39.0 Å². The van der Waals surface area contributed by atoms with Crippen LogP contribution < -0.4 is 44.6 Å². The highest BCUT2D eigenvalue weighted by molar-refractivity contribution is 5.95. The average molecular weight is 546 g/mol. The van der Waals surface area contributed by atoms with Crippen molar-refractivity contribution in [2.75, 3.05) is 13.1 Å². The Hall–Kier alpha value is -3.99. The topological polar surface area (TPSA) is 321 Å². The molecule has 0 aromatic rings. The van der Waals surface area contributed by atoms with Crippen LogP contribution in [0.3, 0.4) is 0 Å². The molecule has 0 spiro atoms. The molecule has 0 saturated heterocycles. The molecule has 0 aromatic heterocycles. The lowest BCUT2D eigenvalue weighted by molar-refractivity contribution is -0.143. The molecule has 38 heavy (non-hydrogen) atoms. The van der Waals surface area contributed by atoms with Crippen molar-refractivity contribution in [3.05, 3.63) is 0 Å². The normalized spacial score (nSPS) is 13.7. The molecule has 0 fully saturated rings. The van der Waals surface area contributed by atoms with E-state index in [4.69, 9.17) is 28.7 Å². The first kappa shape index (κ1) is 34.0. The van der Waals surface area contributed by atoms with E-state index in [0.29, 0.717) is 25.8 Å². The van der Waals surface area contributed by atoms with E-state index in [9.17, 15) is 39.0 Å². The number of carboxylic acids is 2. The first-order valence-corrected chi connectivity index (χ1v) is 11.9. The number of aliphatic imine (C=N–C) groups is 1. The summed E-state index contributed by atoms with van der Waals surface area (Å²) in [6.45, 7) is 0.529. The van der Waals surface area contributed by atoms with E-state index in [1.807, 2.05) is 0 Å². The molecule has 0 bridgehead atoms. The Kier molecular flexibility index (Phi) is 16.4. The van der Waals surface area contributed by atoms with Crippen LogP contribution >= 0.6 is 0 Å². The predicted molar refractivity (Wildman–Crippen MR) is 135 cm³/mol. The molecule has 0 aliphatic rings. The monoisotopic (exact) mass is 545 g/mol. The fourth-order valence-corrected chi connectivity index (χ4v) is 3.16. The fourth-order valence-electron chi connectivity index (χ4n) is 3.16. The van der Waals surface area contributed by atoms with Crippen molar-refractivity contribution in [2.24, 2.45) is 33.7 Å². The molecule has 0 heterocycles. The van der Waals surface area contributed by atoms with Gasteiger partial charge < -0.3 is 54.8 Å². The molecule has 0 radical (unpaired) electrons. The van der Waals surface area contributed by atoms with Crippen molar-refractivity contribution in [1.82, 2.24) is 16.0 Å². The second kappa shape index (κ2) is 18.3. The van der Waals surface area contributed by atoms with Crippen LogP contribution in [0.2, 0.25) is 0 Å². The van der Waals surface area contributed by atoms with Gasteiger partial charge in [0.15, 0.2) is 5.96 Å². The second-order valence-electron chi connectivity index (χ2n) is 8.46. The van der Waals surface area contributed by atoms with Crippen LogP contribution in [0.5, 0.6) is 0 Å². The van der Waals surface area contributed by atoms with E-state index < -0.39 is 66.2 Å². The third-order valence-corrected chi connectivity index (χ3v) is 5.19. The second-order valence-corrected chi connectivity index (χ2v) is 8.46. The summed E-state index contributed by atoms with van der Waals surface area (Å²) in [4.78, 5) is 75.9. The number of carboxylic acid groups (broad SMARTS) is 2. The van der Waals surface area contributed by atoms with Crippen molar-refractivity contribution in [1.29, 1.82) is 0 Å². The number of guanidine groups is 1. The zero-order chi connectivity index (χ0) is 29.3. The number of aliphatic carboxylic acids is 2. The molecular formula is C21H39N9O8. The summed E-state index contributed by atoms with van der Waals surface area (Å²) < 4.78 is 0. The van der Waals surface area contributed by atoms with Crippen LogP contribution in [0, 0.1) is 0 Å². The molecule has 17 heteroatoms. The third-order valence-electron chi connectivity index (χ3n) is 5.19. The summed E-state index contributed by atoms with van der Waals surface area (Å²) in [6.07, 6.45) is -0.0529. The van der Waals surface area contributed by atoms with Gasteiger partial charge in [0.1, 0.15) is 18.1 Å². The largest absolute Gasteiger partial charge is 0.481 e. The predicted octanol–water partition coefficient (Wildman–Crippen LogP) is -4.22. The Morgan fingerprint density at radius 3 is 1.84 bits per heavy atom. The molecule has 4 unspecified atom stereocenters. The van der Waals surface area contributed by atoms with Gasteiger partial charge in [-0.1, -0.05) is 0 Å². The number of carbonyl (C=O) groups is 6. The summed E-state index contributed by atoms with van der Waals surface area (Å²) in [6, 6.07) is -5.50. The number of amides is 4. The zero-order valence-electron chi connectivity index (χ0n) is 21.1. The Balaban J connectivity index is 5.48. The number of unbranched alkanes of at least 4 members (excludes halogenated alkanes) is 1. The number of hydrogen-bond donors (Lipinski definition) is 10. The molecule has 0 saturated carbocycles. The number of carbonyl (C=O) groups excluding carboxylic acids is 4. The highest BCUT2D eigenvalue weighted by Crippen LogP contribution is 2.05. The van der Waals surface area contributed by atoms with Crippen LogP contribution in [-0.4, -0.2) is 89.0 Å². The molecule has 4 atom stereocenters. The van der Waals surface area contributed by atoms with Gasteiger partial charge in [-0.15, -0.1) is 0 Å². The van der Waals surface area contributed by atoms with Crippen LogP contribution in [0.25, 0.3) is 0 Å². The van der Waals surface area contributed by atoms with Crippen LogP contribution in [0.1, 0.15) is 51.4 Å². The molecule has 15 N–H and O–H groups in total. The van der Waals surface area contributed by atoms with Crippen molar-refractivity contribution >= 4 is 41.5 Å². The van der Waals surface area contributed by atoms with Gasteiger partial charge in [-0.2, -0.15) is 0 Å². The van der Waals surface area contributed by atoms with Gasteiger partial charge in [0, 0.05) is 13.0 Å². The smallest absolute Gasteiger partial charge is 0.326 e. The molecular weight excluding hydrogens is 506 g/mol. The number of nitrogens with one attached hydrogen (secondary N) is 3. The Bertz CT molecular complexity index is 864. The summed E-state index contributed by atoms with van der Waals surface area (Å²) in [5.41, 5.74) is 26.8. The summed E-state index contributed by atoms with van der Waals surface area (Å²) in [5.74, 6) is -6.53. The van der Waals surface area contributed by atoms with E-state index in [1.165, 1.54) is 0 Å². The minimum absolute atomic E-state index is 0.0321. The molecule has 0 aliphatic heterocycles. The van der Waals surface area contributed by atoms with Crippen LogP contribution in [0.15, 0.2) is 4.99 Å². The van der Waals surface area contributed by atoms with Gasteiger partial charge in [-0.3, -0.25) is 29.0 Å². The Labute approximate surface area is 219 Å². The zero-order valence-corrected chi connectivity index (χ0v) is 21.1. The van der Waals surface area contributed by atoms with Crippen molar-refractivity contribution in [3.63, 3.8) is 0 Å². The SMILES string of the molecule is NCCCCC(NC(=O)C(CC(=O)O)NC(=O)C(CCC(N)=O)NC(=O)C(N)CCCN=C(N)N)C(=O)O. The quantitative estimate of drug-likeness (QED) is 0.0395. The average Bonchev–Trinajstić information content (AvgIpc) is 2.82. The summed E-state index contributed by atoms with van der Waals surface area (Å²) in [7, 11) is 0. The van der Waals surface area contributed by atoms with E-state index in [2.05, 4.69) is 20.9 Å². The van der Waals surface area contributed by atoms with Gasteiger partial charge >= 0.3 is 11.9 Å². The highest BCUT2D eigenvalue weighted by atomic mass is 16.4. The Morgan fingerprint density at radius 2 is 1.32 bits per heavy atom. The lowest BCUT2D eigenvalue weighted by Gasteiger charge is -2.24. The lowest BCUT2D eigenvalue weighted by Crippen LogP contribution is -2.57. The first-order chi connectivity index (χ1) is 17.8. The standard InChI is InChI=1S/C21H39N9O8/c22-8-2-1-5-13(20(37)38)29-19(36)14(10-16(32)33)30-18(35)12(6-7-15(24)31)28-17(34)11(23)4-3-9-27-21(25)26/h11-14H,1-10,22-23H2,(H2,24,31)(H,28,34)(H,29,36)(H,30,35)(H,32,33)(H,37,38)(H4,25,26,27). The molecule has 216 valence electrons. The molecule has 0 rings (SSSR count). The molecule has 0 aliphatic carbocycles. The van der Waals surface area contributed by atoms with Gasteiger partial charge in [0.2, 0.25) is 23.6 Å². The molecule has 0 aromatic carbocycles. The molecule has 17 nitrogen and oxygen atoms in total. The van der Waals surface area contributed by atoms with E-state index in [-0.39, 0.29) is 38.2 Å². The third kappa shape index (κ3) is 15.2. The number of rotatable bonds is 20. The van der Waals surface area contributed by atoms with Gasteiger partial charge in [0.25, 0.3) is 0 Å². The van der Waals surface area contributed by atoms with Crippen LogP contribution in [-0.2, 0) is 28.8 Å². The number of nitrogens with two attached hydrogens (primary N) is 5. The maximum absolute atomic E-state index is 12.9. The lowest BCUT2D eigenvalue weighted by atomic mass is 10.1. The summed E-state index contributed by atoms with van der Waals surface area (Å²) in [5, 5.41) is 25.3. The van der Waals surface area contributed by atoms with E-state index >= 15 is 0 Å². The summed E-state index contributed by atoms with van der Waals surface area (Å²) >= 11 is 0. The molecule has 4 amide bonds. The van der Waals surface area contributed by atoms with Crippen LogP contribution in [0.4, 0.5) is 0 Å². The minimum atomic E-state index is -1.68. The maximum Gasteiger partial charge on any atom is 0.326 e. The van der Waals surface area contributed by atoms with E-state index in [1.54, 1.807) is 0 Å². The first-order valence-electron chi connectivity index (χ1n) is 11.9. The van der Waals surface area contributed by atoms with Gasteiger partial charge in [-0.25, -0.2) is 4.79 Å². The van der Waals surface area contributed by atoms with Crippen molar-refractivity contribution in [2.45, 2.75) is 75.5 Å². The number of hydrogen-bond acceptors (Lipinski definition) is 9. The Morgan fingerprint density at radius 1 is 0.737 bits per heavy atom. The van der Waals surface area contributed by atoms with Crippen molar-refractivity contribution in [3.8, 4) is 0 Å². The fraction of sp³-hybridized carbons (Fsp3) is 0.667. The maximum atomic E-state index is 12.9. The van der Waals surface area contributed by atoms with E-state index in [0.717, 1.165) is 0 Å². The van der Waals surface area contributed by atoms with Gasteiger partial charge in [-0.05, 0) is 45.1 Å². The minimum Gasteiger partial charge on any atom is -0.481 e.